The van der Waals surface area contributed by atoms with Gasteiger partial charge in [0, 0.05) is 29.7 Å². The van der Waals surface area contributed by atoms with Crippen LogP contribution in [-0.2, 0) is 12.8 Å². The second-order valence-electron chi connectivity index (χ2n) is 6.27. The number of rotatable bonds is 7. The molecule has 5 nitrogen and oxygen atoms in total. The van der Waals surface area contributed by atoms with Crippen molar-refractivity contribution in [2.75, 3.05) is 20.2 Å². The Morgan fingerprint density at radius 2 is 1.69 bits per heavy atom. The third-order valence-electron chi connectivity index (χ3n) is 4.56. The predicted octanol–water partition coefficient (Wildman–Crippen LogP) is 3.57. The number of urea groups is 1. The molecule has 0 atom stereocenters. The van der Waals surface area contributed by atoms with Crippen LogP contribution in [0.25, 0.3) is 10.9 Å². The van der Waals surface area contributed by atoms with Gasteiger partial charge in [0.25, 0.3) is 0 Å². The summed E-state index contributed by atoms with van der Waals surface area (Å²) < 4.78 is 5.32. The zero-order chi connectivity index (χ0) is 18.4. The number of carbonyl (C=O) groups excluding carboxylic acids is 1. The van der Waals surface area contributed by atoms with Crippen LogP contribution < -0.4 is 15.4 Å². The van der Waals surface area contributed by atoms with Gasteiger partial charge in [0.05, 0.1) is 7.11 Å². The Balaban J connectivity index is 1.45. The van der Waals surface area contributed by atoms with E-state index in [1.165, 1.54) is 10.9 Å². The van der Waals surface area contributed by atoms with Gasteiger partial charge in [-0.1, -0.05) is 36.4 Å². The summed E-state index contributed by atoms with van der Waals surface area (Å²) in [7, 11) is 1.66. The number of benzene rings is 2. The van der Waals surface area contributed by atoms with Gasteiger partial charge in [-0.2, -0.15) is 0 Å². The van der Waals surface area contributed by atoms with Crippen LogP contribution in [0.2, 0.25) is 0 Å². The zero-order valence-electron chi connectivity index (χ0n) is 15.3. The van der Waals surface area contributed by atoms with Gasteiger partial charge in [-0.15, -0.1) is 0 Å². The monoisotopic (exact) mass is 351 g/mol. The zero-order valence-corrected chi connectivity index (χ0v) is 15.3. The first-order chi connectivity index (χ1) is 12.7. The number of carbonyl (C=O) groups is 1. The molecule has 0 aliphatic heterocycles. The summed E-state index contributed by atoms with van der Waals surface area (Å²) in [5.41, 5.74) is 4.64. The summed E-state index contributed by atoms with van der Waals surface area (Å²) in [6.45, 7) is 3.24. The van der Waals surface area contributed by atoms with E-state index in [0.717, 1.165) is 35.4 Å². The highest BCUT2D eigenvalue weighted by atomic mass is 16.5. The Bertz CT molecular complexity index is 886. The maximum absolute atomic E-state index is 12.0. The van der Waals surface area contributed by atoms with Crippen LogP contribution in [0.1, 0.15) is 16.8 Å². The van der Waals surface area contributed by atoms with Crippen molar-refractivity contribution in [3.8, 4) is 5.75 Å². The average Bonchev–Trinajstić information content (AvgIpc) is 2.97. The Morgan fingerprint density at radius 1 is 1.00 bits per heavy atom. The van der Waals surface area contributed by atoms with Crippen LogP contribution in [0.4, 0.5) is 4.79 Å². The summed E-state index contributed by atoms with van der Waals surface area (Å²) in [4.78, 5) is 15.4. The molecule has 0 aliphatic carbocycles. The lowest BCUT2D eigenvalue weighted by Gasteiger charge is -2.10. The fourth-order valence-electron chi connectivity index (χ4n) is 3.24. The molecule has 0 saturated heterocycles. The van der Waals surface area contributed by atoms with Crippen molar-refractivity contribution in [3.05, 3.63) is 65.4 Å². The SMILES string of the molecule is COc1ccccc1CCNC(=O)NCCc1c(C)[nH]c2ccccc12. The van der Waals surface area contributed by atoms with Crippen LogP contribution in [0.5, 0.6) is 5.75 Å². The van der Waals surface area contributed by atoms with Gasteiger partial charge < -0.3 is 20.4 Å². The lowest BCUT2D eigenvalue weighted by Crippen LogP contribution is -2.37. The number of nitrogens with one attached hydrogen (secondary N) is 3. The highest BCUT2D eigenvalue weighted by Gasteiger charge is 2.08. The molecule has 0 unspecified atom stereocenters. The maximum atomic E-state index is 12.0. The minimum absolute atomic E-state index is 0.141. The fourth-order valence-corrected chi connectivity index (χ4v) is 3.24. The molecule has 2 aromatic carbocycles. The number of fused-ring (bicyclic) bond motifs is 1. The summed E-state index contributed by atoms with van der Waals surface area (Å²) in [5.74, 6) is 0.851. The van der Waals surface area contributed by atoms with Gasteiger partial charge in [0.1, 0.15) is 5.75 Å². The number of para-hydroxylation sites is 2. The molecule has 2 amide bonds. The quantitative estimate of drug-likeness (QED) is 0.609. The van der Waals surface area contributed by atoms with Crippen LogP contribution in [-0.4, -0.2) is 31.2 Å². The van der Waals surface area contributed by atoms with Crippen LogP contribution in [0.15, 0.2) is 48.5 Å². The van der Waals surface area contributed by atoms with Gasteiger partial charge >= 0.3 is 6.03 Å². The first kappa shape index (κ1) is 17.9. The molecule has 3 rings (SSSR count). The number of methoxy groups -OCH3 is 1. The minimum Gasteiger partial charge on any atom is -0.496 e. The Hall–Kier alpha value is -2.95. The van der Waals surface area contributed by atoms with E-state index in [0.29, 0.717) is 13.1 Å². The van der Waals surface area contributed by atoms with Crippen LogP contribution in [0.3, 0.4) is 0 Å². The summed E-state index contributed by atoms with van der Waals surface area (Å²) >= 11 is 0. The lowest BCUT2D eigenvalue weighted by atomic mass is 10.1. The van der Waals surface area contributed by atoms with E-state index < -0.39 is 0 Å². The van der Waals surface area contributed by atoms with Crippen molar-refractivity contribution in [1.29, 1.82) is 0 Å². The van der Waals surface area contributed by atoms with E-state index in [9.17, 15) is 4.79 Å². The first-order valence-corrected chi connectivity index (χ1v) is 8.89. The summed E-state index contributed by atoms with van der Waals surface area (Å²) in [6, 6.07) is 16.0. The maximum Gasteiger partial charge on any atom is 0.314 e. The highest BCUT2D eigenvalue weighted by molar-refractivity contribution is 5.84. The summed E-state index contributed by atoms with van der Waals surface area (Å²) in [5, 5.41) is 7.06. The summed E-state index contributed by atoms with van der Waals surface area (Å²) in [6.07, 6.45) is 1.54. The number of aryl methyl sites for hydroxylation is 1. The van der Waals surface area contributed by atoms with Crippen molar-refractivity contribution >= 4 is 16.9 Å². The normalized spacial score (nSPS) is 10.7. The number of ether oxygens (including phenoxy) is 1. The predicted molar refractivity (Wildman–Crippen MR) is 105 cm³/mol. The van der Waals surface area contributed by atoms with E-state index in [4.69, 9.17) is 4.74 Å². The van der Waals surface area contributed by atoms with Crippen molar-refractivity contribution in [3.63, 3.8) is 0 Å². The van der Waals surface area contributed by atoms with E-state index in [2.05, 4.69) is 34.7 Å². The molecule has 0 radical (unpaired) electrons. The molecule has 0 saturated carbocycles. The van der Waals surface area contributed by atoms with Crippen molar-refractivity contribution in [1.82, 2.24) is 15.6 Å². The molecule has 0 spiro atoms. The van der Waals surface area contributed by atoms with Gasteiger partial charge in [-0.25, -0.2) is 4.79 Å². The molecular weight excluding hydrogens is 326 g/mol. The number of aromatic amines is 1. The molecule has 136 valence electrons. The van der Waals surface area contributed by atoms with Gasteiger partial charge in [0.2, 0.25) is 0 Å². The van der Waals surface area contributed by atoms with Crippen molar-refractivity contribution in [2.45, 2.75) is 19.8 Å². The third-order valence-corrected chi connectivity index (χ3v) is 4.56. The molecule has 3 aromatic rings. The molecule has 1 heterocycles. The van der Waals surface area contributed by atoms with Gasteiger partial charge in [-0.3, -0.25) is 0 Å². The number of aromatic nitrogens is 1. The molecule has 26 heavy (non-hydrogen) atoms. The second kappa shape index (κ2) is 8.43. The van der Waals surface area contributed by atoms with E-state index in [1.807, 2.05) is 36.4 Å². The molecular formula is C21H25N3O2. The Labute approximate surface area is 153 Å². The van der Waals surface area contributed by atoms with Crippen molar-refractivity contribution in [2.24, 2.45) is 0 Å². The third kappa shape index (κ3) is 4.17. The molecule has 5 heteroatoms. The molecule has 1 aromatic heterocycles. The standard InChI is InChI=1S/C21H25N3O2/c1-15-17(18-8-4-5-9-19(18)24-15)12-14-23-21(25)22-13-11-16-7-3-6-10-20(16)26-2/h3-10,24H,11-14H2,1-2H3,(H2,22,23,25). The number of H-pyrrole nitrogens is 1. The Kier molecular flexibility index (Phi) is 5.79. The minimum atomic E-state index is -0.141. The fraction of sp³-hybridized carbons (Fsp3) is 0.286. The van der Waals surface area contributed by atoms with E-state index >= 15 is 0 Å². The Morgan fingerprint density at radius 3 is 2.50 bits per heavy atom. The molecule has 0 fully saturated rings. The average molecular weight is 351 g/mol. The first-order valence-electron chi connectivity index (χ1n) is 8.89. The topological polar surface area (TPSA) is 66.2 Å². The van der Waals surface area contributed by atoms with E-state index in [-0.39, 0.29) is 6.03 Å². The number of hydrogen-bond acceptors (Lipinski definition) is 2. The van der Waals surface area contributed by atoms with E-state index in [1.54, 1.807) is 7.11 Å². The highest BCUT2D eigenvalue weighted by Crippen LogP contribution is 2.22. The van der Waals surface area contributed by atoms with Crippen LogP contribution >= 0.6 is 0 Å². The smallest absolute Gasteiger partial charge is 0.314 e. The largest absolute Gasteiger partial charge is 0.496 e. The van der Waals surface area contributed by atoms with Gasteiger partial charge in [0.15, 0.2) is 0 Å². The second-order valence-corrected chi connectivity index (χ2v) is 6.27. The molecule has 0 aliphatic rings. The van der Waals surface area contributed by atoms with Crippen molar-refractivity contribution < 1.29 is 9.53 Å². The van der Waals surface area contributed by atoms with Crippen LogP contribution in [0, 0.1) is 6.92 Å². The number of amides is 2. The molecule has 0 bridgehead atoms. The van der Waals surface area contributed by atoms with Gasteiger partial charge in [-0.05, 0) is 43.0 Å². The molecule has 3 N–H and O–H groups in total. The number of hydrogen-bond donors (Lipinski definition) is 3. The lowest BCUT2D eigenvalue weighted by molar-refractivity contribution is 0.241.